The predicted octanol–water partition coefficient (Wildman–Crippen LogP) is 3.28. The second-order valence-electron chi connectivity index (χ2n) is 6.18. The van der Waals surface area contributed by atoms with Gasteiger partial charge < -0.3 is 15.4 Å². The molecule has 0 unspecified atom stereocenters. The fourth-order valence-electron chi connectivity index (χ4n) is 2.38. The van der Waals surface area contributed by atoms with Crippen LogP contribution >= 0.6 is 12.2 Å². The number of amides is 2. The quantitative estimate of drug-likeness (QED) is 0.469. The van der Waals surface area contributed by atoms with Crippen molar-refractivity contribution in [1.29, 1.82) is 0 Å². The highest BCUT2D eigenvalue weighted by molar-refractivity contribution is 7.80. The first kappa shape index (κ1) is 21.4. The van der Waals surface area contributed by atoms with E-state index in [2.05, 4.69) is 22.9 Å². The standard InChI is InChI=1S/C21H25N3O3S/c1-3-4-12-27-18-7-5-6-16(14-18)20(26)24-21(28)23-17-10-8-15(9-11-17)13-19(25)22-2/h5-11,14H,3-4,12-13H2,1-2H3,(H,22,25)(H2,23,24,26,28). The predicted molar refractivity (Wildman–Crippen MR) is 115 cm³/mol. The third-order valence-corrected chi connectivity index (χ3v) is 4.15. The molecule has 7 heteroatoms. The van der Waals surface area contributed by atoms with Crippen LogP contribution in [0, 0.1) is 0 Å². The average Bonchev–Trinajstić information content (AvgIpc) is 2.69. The van der Waals surface area contributed by atoms with Crippen LogP contribution in [0.4, 0.5) is 5.69 Å². The van der Waals surface area contributed by atoms with Crippen LogP contribution < -0.4 is 20.7 Å². The number of benzene rings is 2. The Kier molecular flexibility index (Phi) is 8.42. The first-order chi connectivity index (χ1) is 13.5. The van der Waals surface area contributed by atoms with Crippen LogP contribution in [0.3, 0.4) is 0 Å². The third-order valence-electron chi connectivity index (χ3n) is 3.95. The molecule has 0 saturated heterocycles. The molecule has 148 valence electrons. The van der Waals surface area contributed by atoms with Gasteiger partial charge in [0.15, 0.2) is 5.11 Å². The highest BCUT2D eigenvalue weighted by Gasteiger charge is 2.09. The van der Waals surface area contributed by atoms with Gasteiger partial charge in [0.25, 0.3) is 5.91 Å². The van der Waals surface area contributed by atoms with Crippen LogP contribution in [-0.2, 0) is 11.2 Å². The second kappa shape index (κ2) is 11.0. The number of nitrogens with one attached hydrogen (secondary N) is 3. The number of hydrogen-bond acceptors (Lipinski definition) is 4. The van der Waals surface area contributed by atoms with E-state index in [1.165, 1.54) is 0 Å². The number of anilines is 1. The Morgan fingerprint density at radius 2 is 1.86 bits per heavy atom. The molecule has 2 rings (SSSR count). The van der Waals surface area contributed by atoms with Gasteiger partial charge >= 0.3 is 0 Å². The smallest absolute Gasteiger partial charge is 0.257 e. The lowest BCUT2D eigenvalue weighted by molar-refractivity contribution is -0.119. The summed E-state index contributed by atoms with van der Waals surface area (Å²) in [5.74, 6) is 0.297. The minimum absolute atomic E-state index is 0.0515. The molecular weight excluding hydrogens is 374 g/mol. The fraction of sp³-hybridized carbons (Fsp3) is 0.286. The van der Waals surface area contributed by atoms with E-state index in [9.17, 15) is 9.59 Å². The van der Waals surface area contributed by atoms with E-state index < -0.39 is 0 Å². The summed E-state index contributed by atoms with van der Waals surface area (Å²) >= 11 is 5.21. The zero-order chi connectivity index (χ0) is 20.4. The molecule has 0 bridgehead atoms. The molecule has 0 heterocycles. The highest BCUT2D eigenvalue weighted by Crippen LogP contribution is 2.14. The normalized spacial score (nSPS) is 10.1. The first-order valence-corrected chi connectivity index (χ1v) is 9.57. The largest absolute Gasteiger partial charge is 0.494 e. The van der Waals surface area contributed by atoms with E-state index in [1.54, 1.807) is 37.4 Å². The maximum Gasteiger partial charge on any atom is 0.257 e. The van der Waals surface area contributed by atoms with E-state index >= 15 is 0 Å². The van der Waals surface area contributed by atoms with Crippen molar-refractivity contribution in [3.63, 3.8) is 0 Å². The summed E-state index contributed by atoms with van der Waals surface area (Å²) in [7, 11) is 1.60. The molecule has 3 N–H and O–H groups in total. The van der Waals surface area contributed by atoms with Gasteiger partial charge in [0.2, 0.25) is 5.91 Å². The Labute approximate surface area is 170 Å². The Bertz CT molecular complexity index is 822. The van der Waals surface area contributed by atoms with Gasteiger partial charge in [-0.1, -0.05) is 31.5 Å². The lowest BCUT2D eigenvalue weighted by Crippen LogP contribution is -2.34. The van der Waals surface area contributed by atoms with E-state index in [0.717, 1.165) is 24.1 Å². The Morgan fingerprint density at radius 3 is 2.54 bits per heavy atom. The van der Waals surface area contributed by atoms with Crippen molar-refractivity contribution in [2.45, 2.75) is 26.2 Å². The minimum atomic E-state index is -0.310. The molecule has 0 radical (unpaired) electrons. The zero-order valence-corrected chi connectivity index (χ0v) is 16.9. The zero-order valence-electron chi connectivity index (χ0n) is 16.1. The van der Waals surface area contributed by atoms with Crippen LogP contribution in [0.25, 0.3) is 0 Å². The van der Waals surface area contributed by atoms with Crippen molar-refractivity contribution < 1.29 is 14.3 Å². The topological polar surface area (TPSA) is 79.5 Å². The number of rotatable bonds is 8. The van der Waals surface area contributed by atoms with Crippen molar-refractivity contribution >= 4 is 34.8 Å². The van der Waals surface area contributed by atoms with Crippen molar-refractivity contribution in [1.82, 2.24) is 10.6 Å². The molecule has 0 saturated carbocycles. The second-order valence-corrected chi connectivity index (χ2v) is 6.59. The minimum Gasteiger partial charge on any atom is -0.494 e. The molecule has 2 aromatic rings. The summed E-state index contributed by atoms with van der Waals surface area (Å²) in [4.78, 5) is 23.8. The first-order valence-electron chi connectivity index (χ1n) is 9.16. The number of thiocarbonyl (C=S) groups is 1. The molecule has 0 spiro atoms. The summed E-state index contributed by atoms with van der Waals surface area (Å²) in [6, 6.07) is 14.3. The summed E-state index contributed by atoms with van der Waals surface area (Å²) < 4.78 is 5.63. The maximum atomic E-state index is 12.4. The number of carbonyl (C=O) groups is 2. The fourth-order valence-corrected chi connectivity index (χ4v) is 2.59. The molecule has 2 amide bonds. The van der Waals surface area contributed by atoms with Crippen molar-refractivity contribution in [3.8, 4) is 5.75 Å². The number of likely N-dealkylation sites (N-methyl/N-ethyl adjacent to an activating group) is 1. The summed E-state index contributed by atoms with van der Waals surface area (Å²) in [6.45, 7) is 2.72. The van der Waals surface area contributed by atoms with Gasteiger partial charge in [-0.25, -0.2) is 0 Å². The molecule has 0 fully saturated rings. The Hall–Kier alpha value is -2.93. The van der Waals surface area contributed by atoms with Crippen LogP contribution in [-0.4, -0.2) is 30.6 Å². The van der Waals surface area contributed by atoms with Gasteiger partial charge in [0.05, 0.1) is 13.0 Å². The molecule has 2 aromatic carbocycles. The monoisotopic (exact) mass is 399 g/mol. The van der Waals surface area contributed by atoms with Gasteiger partial charge in [-0.2, -0.15) is 0 Å². The Morgan fingerprint density at radius 1 is 1.11 bits per heavy atom. The van der Waals surface area contributed by atoms with Crippen molar-refractivity contribution in [2.24, 2.45) is 0 Å². The van der Waals surface area contributed by atoms with Gasteiger partial charge in [-0.3, -0.25) is 14.9 Å². The summed E-state index contributed by atoms with van der Waals surface area (Å²) in [6.07, 6.45) is 2.33. The maximum absolute atomic E-state index is 12.4. The Balaban J connectivity index is 1.89. The molecule has 0 atom stereocenters. The number of ether oxygens (including phenoxy) is 1. The van der Waals surface area contributed by atoms with E-state index in [-0.39, 0.29) is 16.9 Å². The van der Waals surface area contributed by atoms with Crippen LogP contribution in [0.5, 0.6) is 5.75 Å². The SMILES string of the molecule is CCCCOc1cccc(C(=O)NC(=S)Nc2ccc(CC(=O)NC)cc2)c1. The average molecular weight is 400 g/mol. The van der Waals surface area contributed by atoms with Gasteiger partial charge in [0.1, 0.15) is 5.75 Å². The van der Waals surface area contributed by atoms with E-state index in [0.29, 0.717) is 24.3 Å². The van der Waals surface area contributed by atoms with Crippen molar-refractivity contribution in [2.75, 3.05) is 19.0 Å². The highest BCUT2D eigenvalue weighted by atomic mass is 32.1. The van der Waals surface area contributed by atoms with E-state index in [1.807, 2.05) is 18.2 Å². The molecule has 0 aliphatic rings. The molecule has 0 aliphatic heterocycles. The molecule has 0 aromatic heterocycles. The molecule has 0 aliphatic carbocycles. The molecule has 6 nitrogen and oxygen atoms in total. The molecular formula is C21H25N3O3S. The number of hydrogen-bond donors (Lipinski definition) is 3. The van der Waals surface area contributed by atoms with Crippen LogP contribution in [0.15, 0.2) is 48.5 Å². The summed E-state index contributed by atoms with van der Waals surface area (Å²) in [5, 5.41) is 8.40. The summed E-state index contributed by atoms with van der Waals surface area (Å²) in [5.41, 5.74) is 2.08. The van der Waals surface area contributed by atoms with Crippen molar-refractivity contribution in [3.05, 3.63) is 59.7 Å². The van der Waals surface area contributed by atoms with Crippen LogP contribution in [0.2, 0.25) is 0 Å². The number of carbonyl (C=O) groups excluding carboxylic acids is 2. The van der Waals surface area contributed by atoms with Gasteiger partial charge in [-0.15, -0.1) is 0 Å². The third kappa shape index (κ3) is 7.00. The van der Waals surface area contributed by atoms with E-state index in [4.69, 9.17) is 17.0 Å². The lowest BCUT2D eigenvalue weighted by Gasteiger charge is -2.11. The molecule has 28 heavy (non-hydrogen) atoms. The van der Waals surface area contributed by atoms with Gasteiger partial charge in [0, 0.05) is 18.3 Å². The number of unbranched alkanes of at least 4 members (excludes halogenated alkanes) is 1. The lowest BCUT2D eigenvalue weighted by atomic mass is 10.1. The van der Waals surface area contributed by atoms with Gasteiger partial charge in [-0.05, 0) is 54.5 Å². The van der Waals surface area contributed by atoms with Crippen LogP contribution in [0.1, 0.15) is 35.7 Å².